The lowest BCUT2D eigenvalue weighted by Crippen LogP contribution is -2.36. The van der Waals surface area contributed by atoms with Gasteiger partial charge in [-0.2, -0.15) is 11.3 Å². The summed E-state index contributed by atoms with van der Waals surface area (Å²) in [4.78, 5) is 16.4. The molecule has 3 rings (SSSR count). The molecule has 112 valence electrons. The van der Waals surface area contributed by atoms with E-state index in [0.717, 1.165) is 16.3 Å². The van der Waals surface area contributed by atoms with E-state index in [2.05, 4.69) is 10.3 Å². The summed E-state index contributed by atoms with van der Waals surface area (Å²) in [6.45, 7) is 0. The Hall–Kier alpha value is -1.25. The quantitative estimate of drug-likeness (QED) is 0.918. The van der Waals surface area contributed by atoms with Crippen LogP contribution in [0.4, 0.5) is 0 Å². The maximum atomic E-state index is 11.9. The molecule has 0 bridgehead atoms. The highest BCUT2D eigenvalue weighted by Crippen LogP contribution is 2.25. The molecule has 1 aliphatic rings. The zero-order chi connectivity index (χ0) is 14.9. The zero-order valence-electron chi connectivity index (χ0n) is 11.1. The van der Waals surface area contributed by atoms with Crippen LogP contribution in [0.5, 0.6) is 0 Å². The van der Waals surface area contributed by atoms with Crippen molar-refractivity contribution in [2.24, 2.45) is 0 Å². The van der Waals surface area contributed by atoms with Crippen molar-refractivity contribution in [3.8, 4) is 10.6 Å². The van der Waals surface area contributed by atoms with E-state index >= 15 is 0 Å². The van der Waals surface area contributed by atoms with Crippen molar-refractivity contribution < 1.29 is 13.2 Å². The van der Waals surface area contributed by atoms with Crippen LogP contribution in [0.25, 0.3) is 10.6 Å². The first-order chi connectivity index (χ1) is 10.0. The number of aromatic nitrogens is 1. The maximum Gasteiger partial charge on any atom is 0.226 e. The van der Waals surface area contributed by atoms with Crippen LogP contribution in [-0.2, 0) is 21.1 Å². The number of amides is 1. The fourth-order valence-corrected chi connectivity index (χ4v) is 5.46. The van der Waals surface area contributed by atoms with Gasteiger partial charge in [-0.15, -0.1) is 11.3 Å². The summed E-state index contributed by atoms with van der Waals surface area (Å²) in [7, 11) is -2.97. The van der Waals surface area contributed by atoms with E-state index in [1.807, 2.05) is 22.2 Å². The van der Waals surface area contributed by atoms with Crippen molar-refractivity contribution in [2.75, 3.05) is 11.5 Å². The number of carbonyl (C=O) groups is 1. The molecule has 0 aliphatic carbocycles. The molecule has 8 heteroatoms. The molecule has 1 saturated heterocycles. The molecule has 2 aromatic rings. The maximum absolute atomic E-state index is 11.9. The van der Waals surface area contributed by atoms with Gasteiger partial charge in [0, 0.05) is 22.4 Å². The average molecular weight is 342 g/mol. The van der Waals surface area contributed by atoms with E-state index in [1.165, 1.54) is 11.3 Å². The highest BCUT2D eigenvalue weighted by molar-refractivity contribution is 7.91. The summed E-state index contributed by atoms with van der Waals surface area (Å²) in [5.74, 6) is 0.0478. The summed E-state index contributed by atoms with van der Waals surface area (Å²) in [6.07, 6.45) is 0.697. The minimum Gasteiger partial charge on any atom is -0.352 e. The minimum atomic E-state index is -2.97. The first-order valence-electron chi connectivity index (χ1n) is 6.48. The predicted octanol–water partition coefficient (Wildman–Crippen LogP) is 1.72. The molecule has 1 N–H and O–H groups in total. The van der Waals surface area contributed by atoms with Crippen LogP contribution in [0, 0.1) is 0 Å². The van der Waals surface area contributed by atoms with Gasteiger partial charge in [0.05, 0.1) is 23.6 Å². The summed E-state index contributed by atoms with van der Waals surface area (Å²) in [5.41, 5.74) is 1.79. The van der Waals surface area contributed by atoms with Gasteiger partial charge >= 0.3 is 0 Å². The number of hydrogen-bond donors (Lipinski definition) is 1. The molecule has 0 aromatic carbocycles. The van der Waals surface area contributed by atoms with Crippen molar-refractivity contribution >= 4 is 38.4 Å². The van der Waals surface area contributed by atoms with E-state index in [0.29, 0.717) is 6.42 Å². The fourth-order valence-electron chi connectivity index (χ4n) is 2.26. The van der Waals surface area contributed by atoms with E-state index in [1.54, 1.807) is 11.3 Å². The topological polar surface area (TPSA) is 76.1 Å². The Morgan fingerprint density at radius 3 is 2.95 bits per heavy atom. The summed E-state index contributed by atoms with van der Waals surface area (Å²) < 4.78 is 22.7. The molecule has 0 radical (unpaired) electrons. The number of thiophene rings is 1. The number of nitrogens with one attached hydrogen (secondary N) is 1. The second-order valence-electron chi connectivity index (χ2n) is 5.00. The second-order valence-corrected chi connectivity index (χ2v) is 8.87. The number of thiazole rings is 1. The molecule has 1 unspecified atom stereocenters. The molecule has 1 aliphatic heterocycles. The van der Waals surface area contributed by atoms with Crippen LogP contribution in [0.3, 0.4) is 0 Å². The first kappa shape index (κ1) is 14.7. The summed E-state index contributed by atoms with van der Waals surface area (Å²) >= 11 is 3.12. The number of hydrogen-bond acceptors (Lipinski definition) is 6. The number of carbonyl (C=O) groups excluding carboxylic acids is 1. The SMILES string of the molecule is O=C(Cc1csc(-c2ccsc2)n1)NC1CCS(=O)(=O)C1. The molecule has 5 nitrogen and oxygen atoms in total. The van der Waals surface area contributed by atoms with Crippen LogP contribution in [0.15, 0.2) is 22.2 Å². The molecule has 2 aromatic heterocycles. The van der Waals surface area contributed by atoms with Gasteiger partial charge in [-0.3, -0.25) is 4.79 Å². The van der Waals surface area contributed by atoms with E-state index in [9.17, 15) is 13.2 Å². The normalized spacial score (nSPS) is 20.5. The number of sulfone groups is 1. The summed E-state index contributed by atoms with van der Waals surface area (Å²) in [6, 6.07) is 1.74. The number of rotatable bonds is 4. The third kappa shape index (κ3) is 3.69. The Morgan fingerprint density at radius 1 is 1.43 bits per heavy atom. The fraction of sp³-hybridized carbons (Fsp3) is 0.385. The minimum absolute atomic E-state index is 0.0515. The van der Waals surface area contributed by atoms with Crippen molar-refractivity contribution in [2.45, 2.75) is 18.9 Å². The van der Waals surface area contributed by atoms with E-state index in [4.69, 9.17) is 0 Å². The highest BCUT2D eigenvalue weighted by Gasteiger charge is 2.28. The molecule has 0 saturated carbocycles. The predicted molar refractivity (Wildman–Crippen MR) is 84.3 cm³/mol. The molecule has 1 fully saturated rings. The molecular formula is C13H14N2O3S3. The van der Waals surface area contributed by atoms with Crippen LogP contribution < -0.4 is 5.32 Å². The zero-order valence-corrected chi connectivity index (χ0v) is 13.6. The van der Waals surface area contributed by atoms with Gasteiger partial charge in [0.25, 0.3) is 0 Å². The van der Waals surface area contributed by atoms with Crippen LogP contribution in [-0.4, -0.2) is 36.9 Å². The Morgan fingerprint density at radius 2 is 2.29 bits per heavy atom. The lowest BCUT2D eigenvalue weighted by Gasteiger charge is -2.09. The van der Waals surface area contributed by atoms with Gasteiger partial charge in [0.2, 0.25) is 5.91 Å². The molecule has 3 heterocycles. The van der Waals surface area contributed by atoms with Gasteiger partial charge in [-0.05, 0) is 17.9 Å². The van der Waals surface area contributed by atoms with Crippen molar-refractivity contribution in [1.82, 2.24) is 10.3 Å². The van der Waals surface area contributed by atoms with Crippen molar-refractivity contribution in [3.05, 3.63) is 27.9 Å². The third-order valence-corrected chi connectivity index (χ3v) is 6.65. The lowest BCUT2D eigenvalue weighted by atomic mass is 10.2. The smallest absolute Gasteiger partial charge is 0.226 e. The van der Waals surface area contributed by atoms with Crippen molar-refractivity contribution in [1.29, 1.82) is 0 Å². The van der Waals surface area contributed by atoms with Crippen LogP contribution in [0.1, 0.15) is 12.1 Å². The standard InChI is InChI=1S/C13H14N2O3S3/c16-12(14-10-2-4-21(17,18)8-10)5-11-7-20-13(15-11)9-1-3-19-6-9/h1,3,6-7,10H,2,4-5,8H2,(H,14,16). The van der Waals surface area contributed by atoms with Crippen LogP contribution in [0.2, 0.25) is 0 Å². The lowest BCUT2D eigenvalue weighted by molar-refractivity contribution is -0.121. The molecule has 0 spiro atoms. The van der Waals surface area contributed by atoms with E-state index in [-0.39, 0.29) is 29.9 Å². The molecule has 1 amide bonds. The second kappa shape index (κ2) is 5.86. The van der Waals surface area contributed by atoms with Gasteiger partial charge in [-0.1, -0.05) is 0 Å². The Kier molecular flexibility index (Phi) is 4.10. The number of nitrogens with zero attached hydrogens (tertiary/aromatic N) is 1. The van der Waals surface area contributed by atoms with Crippen LogP contribution >= 0.6 is 22.7 Å². The first-order valence-corrected chi connectivity index (χ1v) is 10.1. The Labute approximate surface area is 131 Å². The van der Waals surface area contributed by atoms with E-state index < -0.39 is 9.84 Å². The molecule has 21 heavy (non-hydrogen) atoms. The molecular weight excluding hydrogens is 328 g/mol. The summed E-state index contributed by atoms with van der Waals surface area (Å²) in [5, 5.41) is 9.56. The average Bonchev–Trinajstić information content (AvgIpc) is 3.09. The Bertz CT molecular complexity index is 735. The van der Waals surface area contributed by atoms with Gasteiger partial charge < -0.3 is 5.32 Å². The molecule has 1 atom stereocenters. The highest BCUT2D eigenvalue weighted by atomic mass is 32.2. The van der Waals surface area contributed by atoms with Crippen molar-refractivity contribution in [3.63, 3.8) is 0 Å². The van der Waals surface area contributed by atoms with Gasteiger partial charge in [0.1, 0.15) is 5.01 Å². The largest absolute Gasteiger partial charge is 0.352 e. The van der Waals surface area contributed by atoms with Gasteiger partial charge in [-0.25, -0.2) is 13.4 Å². The third-order valence-electron chi connectivity index (χ3n) is 3.26. The van der Waals surface area contributed by atoms with Gasteiger partial charge in [0.15, 0.2) is 9.84 Å². The Balaban J connectivity index is 1.58. The monoisotopic (exact) mass is 342 g/mol.